The first-order chi connectivity index (χ1) is 11.5. The highest BCUT2D eigenvalue weighted by atomic mass is 16.6. The molecule has 1 N–H and O–H groups in total. The van der Waals surface area contributed by atoms with Crippen LogP contribution in [-0.2, 0) is 6.54 Å². The molecule has 0 aliphatic heterocycles. The molecule has 0 fully saturated rings. The summed E-state index contributed by atoms with van der Waals surface area (Å²) >= 11 is 0. The van der Waals surface area contributed by atoms with E-state index < -0.39 is 10.8 Å². The van der Waals surface area contributed by atoms with Crippen LogP contribution in [0.4, 0.5) is 11.4 Å². The van der Waals surface area contributed by atoms with E-state index in [-0.39, 0.29) is 11.3 Å². The molecule has 2 aromatic rings. The zero-order valence-corrected chi connectivity index (χ0v) is 13.7. The average Bonchev–Trinajstić information content (AvgIpc) is 2.55. The fraction of sp³-hybridized carbons (Fsp3) is 0.294. The Bertz CT molecular complexity index is 719. The third-order valence-electron chi connectivity index (χ3n) is 3.48. The third-order valence-corrected chi connectivity index (χ3v) is 3.48. The topological polar surface area (TPSA) is 88.4 Å². The van der Waals surface area contributed by atoms with Crippen LogP contribution in [0.5, 0.6) is 0 Å². The summed E-state index contributed by atoms with van der Waals surface area (Å²) in [5, 5.41) is 13.9. The Morgan fingerprint density at radius 3 is 2.79 bits per heavy atom. The summed E-state index contributed by atoms with van der Waals surface area (Å²) in [5.74, 6) is -0.519. The highest BCUT2D eigenvalue weighted by Gasteiger charge is 2.21. The molecule has 0 bridgehead atoms. The number of rotatable bonds is 7. The van der Waals surface area contributed by atoms with Crippen molar-refractivity contribution in [1.82, 2.24) is 9.88 Å². The molecule has 2 rings (SSSR count). The highest BCUT2D eigenvalue weighted by molar-refractivity contribution is 6.07. The van der Waals surface area contributed by atoms with Gasteiger partial charge in [0, 0.05) is 18.8 Å². The van der Waals surface area contributed by atoms with Gasteiger partial charge in [0.15, 0.2) is 0 Å². The van der Waals surface area contributed by atoms with E-state index >= 15 is 0 Å². The van der Waals surface area contributed by atoms with Crippen LogP contribution in [0.3, 0.4) is 0 Å². The number of nitrogens with one attached hydrogen (secondary N) is 1. The van der Waals surface area contributed by atoms with Gasteiger partial charge in [-0.25, -0.2) is 0 Å². The molecule has 126 valence electrons. The van der Waals surface area contributed by atoms with Crippen molar-refractivity contribution in [2.45, 2.75) is 19.9 Å². The Labute approximate surface area is 140 Å². The molecular formula is C17H20N4O3. The summed E-state index contributed by atoms with van der Waals surface area (Å²) in [4.78, 5) is 29.1. The lowest BCUT2D eigenvalue weighted by molar-refractivity contribution is -0.385. The van der Waals surface area contributed by atoms with Crippen molar-refractivity contribution in [2.24, 2.45) is 0 Å². The molecule has 1 aromatic heterocycles. The summed E-state index contributed by atoms with van der Waals surface area (Å²) in [6, 6.07) is 8.00. The van der Waals surface area contributed by atoms with E-state index in [0.717, 1.165) is 18.5 Å². The normalized spacial score (nSPS) is 10.6. The minimum atomic E-state index is -0.544. The number of carbonyl (C=O) groups excluding carboxylic acids is 1. The Balaban J connectivity index is 2.27. The van der Waals surface area contributed by atoms with Crippen molar-refractivity contribution < 1.29 is 9.72 Å². The molecule has 1 amide bonds. The molecule has 0 saturated heterocycles. The molecule has 24 heavy (non-hydrogen) atoms. The first-order valence-electron chi connectivity index (χ1n) is 7.68. The van der Waals surface area contributed by atoms with Crippen molar-refractivity contribution in [3.63, 3.8) is 0 Å². The maximum Gasteiger partial charge on any atom is 0.282 e. The number of benzene rings is 1. The lowest BCUT2D eigenvalue weighted by atomic mass is 10.1. The Morgan fingerprint density at radius 1 is 1.38 bits per heavy atom. The van der Waals surface area contributed by atoms with E-state index in [0.29, 0.717) is 12.2 Å². The minimum absolute atomic E-state index is 0.0475. The second-order valence-electron chi connectivity index (χ2n) is 5.54. The number of nitro groups is 1. The predicted octanol–water partition coefficient (Wildman–Crippen LogP) is 3.08. The van der Waals surface area contributed by atoms with Gasteiger partial charge in [-0.3, -0.25) is 19.9 Å². The van der Waals surface area contributed by atoms with Crippen molar-refractivity contribution in [3.05, 3.63) is 64.0 Å². The van der Waals surface area contributed by atoms with Gasteiger partial charge in [-0.2, -0.15) is 0 Å². The van der Waals surface area contributed by atoms with E-state index in [4.69, 9.17) is 0 Å². The smallest absolute Gasteiger partial charge is 0.282 e. The van der Waals surface area contributed by atoms with Crippen LogP contribution in [-0.4, -0.2) is 34.3 Å². The van der Waals surface area contributed by atoms with Gasteiger partial charge in [-0.1, -0.05) is 13.0 Å². The number of pyridine rings is 1. The SMILES string of the molecule is CCCN(C)Cc1ccc([N+](=O)[O-])c(C(=O)Nc2cccnc2)c1. The van der Waals surface area contributed by atoms with E-state index in [1.165, 1.54) is 12.3 Å². The summed E-state index contributed by atoms with van der Waals surface area (Å²) in [6.07, 6.45) is 4.09. The van der Waals surface area contributed by atoms with E-state index in [9.17, 15) is 14.9 Å². The Morgan fingerprint density at radius 2 is 2.17 bits per heavy atom. The van der Waals surface area contributed by atoms with Crippen molar-refractivity contribution in [3.8, 4) is 0 Å². The first kappa shape index (κ1) is 17.6. The number of hydrogen-bond donors (Lipinski definition) is 1. The van der Waals surface area contributed by atoms with E-state index in [1.807, 2.05) is 7.05 Å². The fourth-order valence-corrected chi connectivity index (χ4v) is 2.43. The summed E-state index contributed by atoms with van der Waals surface area (Å²) in [7, 11) is 1.97. The van der Waals surface area contributed by atoms with E-state index in [2.05, 4.69) is 22.1 Å². The van der Waals surface area contributed by atoms with Gasteiger partial charge in [-0.15, -0.1) is 0 Å². The molecule has 0 unspecified atom stereocenters. The maximum absolute atomic E-state index is 12.4. The molecule has 0 aliphatic rings. The predicted molar refractivity (Wildman–Crippen MR) is 91.9 cm³/mol. The molecule has 0 atom stereocenters. The zero-order chi connectivity index (χ0) is 17.5. The van der Waals surface area contributed by atoms with Crippen LogP contribution in [0, 0.1) is 10.1 Å². The van der Waals surface area contributed by atoms with Crippen LogP contribution < -0.4 is 5.32 Å². The molecule has 0 aliphatic carbocycles. The van der Waals surface area contributed by atoms with Gasteiger partial charge in [-0.05, 0) is 43.8 Å². The summed E-state index contributed by atoms with van der Waals surface area (Å²) < 4.78 is 0. The molecular weight excluding hydrogens is 308 g/mol. The number of nitrogens with zero attached hydrogens (tertiary/aromatic N) is 3. The first-order valence-corrected chi connectivity index (χ1v) is 7.68. The second kappa shape index (κ2) is 8.16. The largest absolute Gasteiger partial charge is 0.320 e. The van der Waals surface area contributed by atoms with Crippen LogP contribution in [0.15, 0.2) is 42.7 Å². The van der Waals surface area contributed by atoms with Crippen molar-refractivity contribution in [1.29, 1.82) is 0 Å². The van der Waals surface area contributed by atoms with Gasteiger partial charge in [0.2, 0.25) is 0 Å². The molecule has 0 spiro atoms. The zero-order valence-electron chi connectivity index (χ0n) is 13.7. The lowest BCUT2D eigenvalue weighted by Gasteiger charge is -2.16. The fourth-order valence-electron chi connectivity index (χ4n) is 2.43. The third kappa shape index (κ3) is 4.60. The van der Waals surface area contributed by atoms with Crippen LogP contribution >= 0.6 is 0 Å². The number of amides is 1. The number of aromatic nitrogens is 1. The van der Waals surface area contributed by atoms with E-state index in [1.54, 1.807) is 30.5 Å². The molecule has 0 saturated carbocycles. The molecule has 7 heteroatoms. The van der Waals surface area contributed by atoms with Crippen LogP contribution in [0.25, 0.3) is 0 Å². The minimum Gasteiger partial charge on any atom is -0.320 e. The van der Waals surface area contributed by atoms with Crippen molar-refractivity contribution >= 4 is 17.3 Å². The molecule has 1 heterocycles. The number of carbonyl (C=O) groups is 1. The number of nitro benzene ring substituents is 1. The van der Waals surface area contributed by atoms with Gasteiger partial charge < -0.3 is 10.2 Å². The van der Waals surface area contributed by atoms with Crippen LogP contribution in [0.2, 0.25) is 0 Å². The standard InChI is InChI=1S/C17H20N4O3/c1-3-9-20(2)12-13-6-7-16(21(23)24)15(10-13)17(22)19-14-5-4-8-18-11-14/h4-8,10-11H,3,9,12H2,1-2H3,(H,19,22). The Hall–Kier alpha value is -2.80. The van der Waals surface area contributed by atoms with Crippen molar-refractivity contribution in [2.75, 3.05) is 18.9 Å². The quantitative estimate of drug-likeness (QED) is 0.623. The summed E-state index contributed by atoms with van der Waals surface area (Å²) in [6.45, 7) is 3.62. The molecule has 7 nitrogen and oxygen atoms in total. The maximum atomic E-state index is 12.4. The second-order valence-corrected chi connectivity index (χ2v) is 5.54. The number of hydrogen-bond acceptors (Lipinski definition) is 5. The van der Waals surface area contributed by atoms with Crippen LogP contribution in [0.1, 0.15) is 29.3 Å². The number of anilines is 1. The van der Waals surface area contributed by atoms with Gasteiger partial charge in [0.1, 0.15) is 5.56 Å². The van der Waals surface area contributed by atoms with Gasteiger partial charge in [0.05, 0.1) is 16.8 Å². The van der Waals surface area contributed by atoms with Gasteiger partial charge in [0.25, 0.3) is 11.6 Å². The Kier molecular flexibility index (Phi) is 5.97. The average molecular weight is 328 g/mol. The monoisotopic (exact) mass is 328 g/mol. The lowest BCUT2D eigenvalue weighted by Crippen LogP contribution is -2.19. The summed E-state index contributed by atoms with van der Waals surface area (Å²) in [5.41, 5.74) is 1.18. The van der Waals surface area contributed by atoms with Gasteiger partial charge >= 0.3 is 0 Å². The molecule has 0 radical (unpaired) electrons. The molecule has 1 aromatic carbocycles. The highest BCUT2D eigenvalue weighted by Crippen LogP contribution is 2.22.